The SMILES string of the molecule is CN(C#CBr)c1ccccc1. The molecule has 0 aliphatic heterocycles. The van der Waals surface area contributed by atoms with Crippen molar-refractivity contribution >= 4 is 21.6 Å². The number of hydrogen-bond donors (Lipinski definition) is 0. The van der Waals surface area contributed by atoms with Gasteiger partial charge in [-0.25, -0.2) is 0 Å². The maximum Gasteiger partial charge on any atom is 0.0486 e. The highest BCUT2D eigenvalue weighted by Gasteiger charge is 1.91. The van der Waals surface area contributed by atoms with Gasteiger partial charge in [-0.1, -0.05) is 18.2 Å². The third kappa shape index (κ3) is 2.28. The van der Waals surface area contributed by atoms with Gasteiger partial charge in [-0.2, -0.15) is 0 Å². The van der Waals surface area contributed by atoms with Crippen LogP contribution in [0.15, 0.2) is 30.3 Å². The van der Waals surface area contributed by atoms with Gasteiger partial charge in [0.1, 0.15) is 0 Å². The lowest BCUT2D eigenvalue weighted by Gasteiger charge is -2.08. The fraction of sp³-hybridized carbons (Fsp3) is 0.111. The molecule has 0 fully saturated rings. The van der Waals surface area contributed by atoms with Gasteiger partial charge in [0.05, 0.1) is 0 Å². The van der Waals surface area contributed by atoms with Crippen molar-refractivity contribution in [1.82, 2.24) is 0 Å². The second-order valence-electron chi connectivity index (χ2n) is 2.10. The molecule has 1 nitrogen and oxygen atoms in total. The molecule has 0 radical (unpaired) electrons. The molecule has 1 aromatic carbocycles. The van der Waals surface area contributed by atoms with E-state index >= 15 is 0 Å². The van der Waals surface area contributed by atoms with E-state index in [4.69, 9.17) is 0 Å². The summed E-state index contributed by atoms with van der Waals surface area (Å²) in [7, 11) is 1.92. The summed E-state index contributed by atoms with van der Waals surface area (Å²) in [6.07, 6.45) is 0. The highest BCUT2D eigenvalue weighted by Crippen LogP contribution is 2.09. The Morgan fingerprint density at radius 2 is 1.91 bits per heavy atom. The molecule has 11 heavy (non-hydrogen) atoms. The van der Waals surface area contributed by atoms with Gasteiger partial charge < -0.3 is 4.90 Å². The summed E-state index contributed by atoms with van der Waals surface area (Å²) < 4.78 is 0. The van der Waals surface area contributed by atoms with Crippen LogP contribution >= 0.6 is 15.9 Å². The van der Waals surface area contributed by atoms with Crippen LogP contribution in [0.4, 0.5) is 5.69 Å². The molecule has 0 saturated heterocycles. The van der Waals surface area contributed by atoms with Crippen molar-refractivity contribution in [3.05, 3.63) is 30.3 Å². The second-order valence-corrected chi connectivity index (χ2v) is 2.50. The minimum Gasteiger partial charge on any atom is -0.304 e. The molecule has 0 N–H and O–H groups in total. The number of halogens is 1. The van der Waals surface area contributed by atoms with Crippen molar-refractivity contribution in [2.75, 3.05) is 11.9 Å². The Morgan fingerprint density at radius 1 is 1.27 bits per heavy atom. The second kappa shape index (κ2) is 4.05. The van der Waals surface area contributed by atoms with Crippen LogP contribution in [-0.2, 0) is 0 Å². The van der Waals surface area contributed by atoms with E-state index in [-0.39, 0.29) is 0 Å². The Morgan fingerprint density at radius 3 is 2.45 bits per heavy atom. The zero-order valence-corrected chi connectivity index (χ0v) is 7.80. The van der Waals surface area contributed by atoms with Crippen LogP contribution in [0.5, 0.6) is 0 Å². The Hall–Kier alpha value is -0.940. The Bertz CT molecular complexity index is 271. The molecule has 0 amide bonds. The van der Waals surface area contributed by atoms with Crippen LogP contribution in [0.2, 0.25) is 0 Å². The van der Waals surface area contributed by atoms with E-state index < -0.39 is 0 Å². The number of benzene rings is 1. The first kappa shape index (κ1) is 8.16. The van der Waals surface area contributed by atoms with Crippen LogP contribution in [0.1, 0.15) is 0 Å². The van der Waals surface area contributed by atoms with Crippen LogP contribution in [0.3, 0.4) is 0 Å². The molecule has 56 valence electrons. The Kier molecular flexibility index (Phi) is 3.00. The van der Waals surface area contributed by atoms with Crippen molar-refractivity contribution in [3.63, 3.8) is 0 Å². The molecule has 0 unspecified atom stereocenters. The van der Waals surface area contributed by atoms with Crippen molar-refractivity contribution in [3.8, 4) is 10.9 Å². The smallest absolute Gasteiger partial charge is 0.0486 e. The summed E-state index contributed by atoms with van der Waals surface area (Å²) in [6.45, 7) is 0. The molecule has 0 aromatic heterocycles. The number of anilines is 1. The lowest BCUT2D eigenvalue weighted by Crippen LogP contribution is -2.07. The zero-order valence-electron chi connectivity index (χ0n) is 6.21. The summed E-state index contributed by atoms with van der Waals surface area (Å²) in [5.41, 5.74) is 1.10. The first-order valence-corrected chi connectivity index (χ1v) is 4.04. The molecule has 0 heterocycles. The predicted molar refractivity (Wildman–Crippen MR) is 51.5 cm³/mol. The topological polar surface area (TPSA) is 3.24 Å². The Balaban J connectivity index is 2.82. The molecule has 1 aromatic rings. The lowest BCUT2D eigenvalue weighted by atomic mass is 10.3. The fourth-order valence-corrected chi connectivity index (χ4v) is 1.05. The molecule has 2 heteroatoms. The van der Waals surface area contributed by atoms with Crippen LogP contribution in [-0.4, -0.2) is 7.05 Å². The van der Waals surface area contributed by atoms with E-state index in [0.29, 0.717) is 0 Å². The average Bonchev–Trinajstić information content (AvgIpc) is 2.07. The maximum absolute atomic E-state index is 3.04. The lowest BCUT2D eigenvalue weighted by molar-refractivity contribution is 1.25. The van der Waals surface area contributed by atoms with Crippen LogP contribution in [0, 0.1) is 10.9 Å². The summed E-state index contributed by atoms with van der Waals surface area (Å²) in [6, 6.07) is 12.8. The molecular weight excluding hydrogens is 202 g/mol. The van der Waals surface area contributed by atoms with E-state index in [2.05, 4.69) is 26.8 Å². The van der Waals surface area contributed by atoms with Gasteiger partial charge in [0.25, 0.3) is 0 Å². The summed E-state index contributed by atoms with van der Waals surface area (Å²) in [4.78, 5) is 4.51. The van der Waals surface area contributed by atoms with Crippen LogP contribution < -0.4 is 4.90 Å². The molecule has 1 rings (SSSR count). The van der Waals surface area contributed by atoms with Gasteiger partial charge in [-0.3, -0.25) is 0 Å². The van der Waals surface area contributed by atoms with Gasteiger partial charge in [-0.05, 0) is 17.0 Å². The third-order valence-corrected chi connectivity index (χ3v) is 1.53. The number of nitrogens with zero attached hydrogens (tertiary/aromatic N) is 1. The molecule has 0 aliphatic carbocycles. The number of para-hydroxylation sites is 1. The van der Waals surface area contributed by atoms with Crippen molar-refractivity contribution in [1.29, 1.82) is 0 Å². The highest BCUT2D eigenvalue weighted by atomic mass is 79.9. The standard InChI is InChI=1S/C9H8BrN/c1-11(8-7-10)9-5-3-2-4-6-9/h2-6H,1H3. The normalized spacial score (nSPS) is 8.18. The zero-order chi connectivity index (χ0) is 8.10. The number of hydrogen-bond acceptors (Lipinski definition) is 1. The minimum atomic E-state index is 1.10. The summed E-state index contributed by atoms with van der Waals surface area (Å²) >= 11 is 3.04. The molecule has 0 saturated carbocycles. The van der Waals surface area contributed by atoms with Gasteiger partial charge >= 0.3 is 0 Å². The van der Waals surface area contributed by atoms with Crippen molar-refractivity contribution in [2.24, 2.45) is 0 Å². The maximum atomic E-state index is 3.04. The van der Waals surface area contributed by atoms with Crippen molar-refractivity contribution in [2.45, 2.75) is 0 Å². The van der Waals surface area contributed by atoms with Gasteiger partial charge in [0.2, 0.25) is 0 Å². The summed E-state index contributed by atoms with van der Waals surface area (Å²) in [5.74, 6) is 0. The van der Waals surface area contributed by atoms with Gasteiger partial charge in [0.15, 0.2) is 0 Å². The molecular formula is C9H8BrN. The van der Waals surface area contributed by atoms with E-state index in [1.165, 1.54) is 0 Å². The fourth-order valence-electron chi connectivity index (χ4n) is 0.780. The van der Waals surface area contributed by atoms with E-state index in [1.807, 2.05) is 42.3 Å². The third-order valence-electron chi connectivity index (χ3n) is 1.35. The quantitative estimate of drug-likeness (QED) is 0.508. The molecule has 0 atom stereocenters. The van der Waals surface area contributed by atoms with Crippen LogP contribution in [0.25, 0.3) is 0 Å². The summed E-state index contributed by atoms with van der Waals surface area (Å²) in [5, 5.41) is 0. The Labute approximate surface area is 75.2 Å². The molecule has 0 bridgehead atoms. The largest absolute Gasteiger partial charge is 0.304 e. The minimum absolute atomic E-state index is 1.10. The first-order chi connectivity index (χ1) is 5.34. The monoisotopic (exact) mass is 209 g/mol. The molecule has 0 aliphatic rings. The van der Waals surface area contributed by atoms with Gasteiger partial charge in [-0.15, -0.1) is 0 Å². The highest BCUT2D eigenvalue weighted by molar-refractivity contribution is 9.12. The first-order valence-electron chi connectivity index (χ1n) is 3.24. The van der Waals surface area contributed by atoms with Gasteiger partial charge in [0, 0.05) is 34.7 Å². The number of rotatable bonds is 1. The van der Waals surface area contributed by atoms with E-state index in [1.54, 1.807) is 0 Å². The van der Waals surface area contributed by atoms with Crippen molar-refractivity contribution < 1.29 is 0 Å². The molecule has 0 spiro atoms. The average molecular weight is 210 g/mol. The van der Waals surface area contributed by atoms with E-state index in [9.17, 15) is 0 Å². The van der Waals surface area contributed by atoms with E-state index in [0.717, 1.165) is 5.69 Å². The predicted octanol–water partition coefficient (Wildman–Crippen LogP) is 2.44.